The molecule has 8 nitrogen and oxygen atoms in total. The van der Waals surface area contributed by atoms with Gasteiger partial charge in [-0.3, -0.25) is 4.79 Å². The first-order chi connectivity index (χ1) is 14.2. The smallest absolute Gasteiger partial charge is 0.252 e. The number of carbonyl (C=O) groups is 1. The summed E-state index contributed by atoms with van der Waals surface area (Å²) in [5.41, 5.74) is 1.27. The Bertz CT molecular complexity index is 1000. The number of piperidine rings is 1. The van der Waals surface area contributed by atoms with Gasteiger partial charge in [0.25, 0.3) is 5.91 Å². The van der Waals surface area contributed by atoms with E-state index in [-0.39, 0.29) is 5.91 Å². The monoisotopic (exact) mass is 431 g/mol. The van der Waals surface area contributed by atoms with Crippen molar-refractivity contribution in [3.63, 3.8) is 0 Å². The van der Waals surface area contributed by atoms with Crippen LogP contribution in [0.25, 0.3) is 11.0 Å². The molecule has 10 heteroatoms. The van der Waals surface area contributed by atoms with E-state index in [0.717, 1.165) is 35.1 Å². The van der Waals surface area contributed by atoms with Crippen molar-refractivity contribution in [2.24, 2.45) is 0 Å². The summed E-state index contributed by atoms with van der Waals surface area (Å²) >= 11 is 7.29. The van der Waals surface area contributed by atoms with E-state index in [2.05, 4.69) is 25.3 Å². The normalized spacial score (nSPS) is 14.3. The Morgan fingerprint density at radius 3 is 2.76 bits per heavy atom. The van der Waals surface area contributed by atoms with Gasteiger partial charge in [-0.25, -0.2) is 19.6 Å². The van der Waals surface area contributed by atoms with Gasteiger partial charge >= 0.3 is 0 Å². The van der Waals surface area contributed by atoms with E-state index in [1.54, 1.807) is 12.1 Å². The molecular weight excluding hydrogens is 410 g/mol. The van der Waals surface area contributed by atoms with Crippen LogP contribution in [0.3, 0.4) is 0 Å². The van der Waals surface area contributed by atoms with Crippen molar-refractivity contribution in [2.45, 2.75) is 31.0 Å². The van der Waals surface area contributed by atoms with Gasteiger partial charge in [0.2, 0.25) is 0 Å². The van der Waals surface area contributed by atoms with E-state index in [0.29, 0.717) is 23.8 Å². The van der Waals surface area contributed by atoms with Crippen LogP contribution in [0.2, 0.25) is 5.15 Å². The molecule has 0 unspecified atom stereocenters. The average Bonchev–Trinajstić information content (AvgIpc) is 3.17. The van der Waals surface area contributed by atoms with Gasteiger partial charge in [-0.2, -0.15) is 5.10 Å². The summed E-state index contributed by atoms with van der Waals surface area (Å²) < 4.78 is 1.82. The van der Waals surface area contributed by atoms with Crippen molar-refractivity contribution in [1.82, 2.24) is 30.0 Å². The number of thioether (sulfide) groups is 1. The quantitative estimate of drug-likeness (QED) is 0.364. The van der Waals surface area contributed by atoms with Gasteiger partial charge in [0.05, 0.1) is 23.7 Å². The number of rotatable bonds is 6. The molecule has 4 heterocycles. The minimum atomic E-state index is -0.195. The fourth-order valence-electron chi connectivity index (χ4n) is 3.41. The molecule has 0 aliphatic carbocycles. The first-order valence-corrected chi connectivity index (χ1v) is 11.2. The molecule has 0 bridgehead atoms. The summed E-state index contributed by atoms with van der Waals surface area (Å²) in [4.78, 5) is 27.9. The molecule has 1 amide bonds. The predicted molar refractivity (Wildman–Crippen MR) is 115 cm³/mol. The average molecular weight is 432 g/mol. The maximum Gasteiger partial charge on any atom is 0.252 e. The molecule has 152 valence electrons. The summed E-state index contributed by atoms with van der Waals surface area (Å²) in [7, 11) is 0. The number of anilines is 1. The molecule has 1 saturated heterocycles. The van der Waals surface area contributed by atoms with Crippen molar-refractivity contribution in [3.8, 4) is 0 Å². The SMILES string of the molecule is CSc1nc(N2CCCCC2)c2cnn(CCNC(=O)c3ccc(Cl)nc3)c2n1. The number of halogens is 1. The van der Waals surface area contributed by atoms with E-state index < -0.39 is 0 Å². The summed E-state index contributed by atoms with van der Waals surface area (Å²) in [5, 5.41) is 9.44. The zero-order chi connectivity index (χ0) is 20.2. The molecular formula is C19H22ClN7OS. The Morgan fingerprint density at radius 2 is 2.03 bits per heavy atom. The van der Waals surface area contributed by atoms with Crippen molar-refractivity contribution in [3.05, 3.63) is 35.2 Å². The van der Waals surface area contributed by atoms with E-state index in [1.165, 1.54) is 37.2 Å². The van der Waals surface area contributed by atoms with Crippen LogP contribution in [-0.4, -0.2) is 56.5 Å². The Kier molecular flexibility index (Phi) is 6.15. The maximum atomic E-state index is 12.2. The number of pyridine rings is 1. The van der Waals surface area contributed by atoms with Crippen LogP contribution >= 0.6 is 23.4 Å². The molecule has 0 atom stereocenters. The molecule has 29 heavy (non-hydrogen) atoms. The summed E-state index contributed by atoms with van der Waals surface area (Å²) in [6.45, 7) is 2.96. The number of hydrogen-bond donors (Lipinski definition) is 1. The lowest BCUT2D eigenvalue weighted by atomic mass is 10.1. The summed E-state index contributed by atoms with van der Waals surface area (Å²) in [5.74, 6) is 0.764. The van der Waals surface area contributed by atoms with E-state index in [1.807, 2.05) is 17.1 Å². The zero-order valence-electron chi connectivity index (χ0n) is 16.1. The minimum absolute atomic E-state index is 0.195. The van der Waals surface area contributed by atoms with Crippen molar-refractivity contribution >= 4 is 46.1 Å². The van der Waals surface area contributed by atoms with Crippen LogP contribution in [0.5, 0.6) is 0 Å². The Hall–Kier alpha value is -2.39. The van der Waals surface area contributed by atoms with Gasteiger partial charge in [0, 0.05) is 25.8 Å². The number of carbonyl (C=O) groups excluding carboxylic acids is 1. The first kappa shape index (κ1) is 19.9. The van der Waals surface area contributed by atoms with Crippen LogP contribution in [0, 0.1) is 0 Å². The van der Waals surface area contributed by atoms with E-state index in [4.69, 9.17) is 16.6 Å². The highest BCUT2D eigenvalue weighted by Gasteiger charge is 2.19. The van der Waals surface area contributed by atoms with Crippen LogP contribution < -0.4 is 10.2 Å². The molecule has 1 aliphatic rings. The fraction of sp³-hybridized carbons (Fsp3) is 0.421. The van der Waals surface area contributed by atoms with Gasteiger partial charge in [0.15, 0.2) is 10.8 Å². The van der Waals surface area contributed by atoms with Gasteiger partial charge < -0.3 is 10.2 Å². The van der Waals surface area contributed by atoms with Crippen molar-refractivity contribution < 1.29 is 4.79 Å². The lowest BCUT2D eigenvalue weighted by Crippen LogP contribution is -2.30. The van der Waals surface area contributed by atoms with E-state index >= 15 is 0 Å². The number of aromatic nitrogens is 5. The molecule has 4 rings (SSSR count). The third-order valence-corrected chi connectivity index (χ3v) is 5.66. The molecule has 3 aromatic heterocycles. The van der Waals surface area contributed by atoms with Gasteiger partial charge in [-0.05, 0) is 37.7 Å². The molecule has 1 fully saturated rings. The van der Waals surface area contributed by atoms with E-state index in [9.17, 15) is 4.79 Å². The van der Waals surface area contributed by atoms with Gasteiger partial charge in [0.1, 0.15) is 11.0 Å². The molecule has 1 N–H and O–H groups in total. The first-order valence-electron chi connectivity index (χ1n) is 9.58. The van der Waals surface area contributed by atoms with Gasteiger partial charge in [-0.1, -0.05) is 23.4 Å². The number of nitrogens with zero attached hydrogens (tertiary/aromatic N) is 6. The minimum Gasteiger partial charge on any atom is -0.356 e. The van der Waals surface area contributed by atoms with Gasteiger partial charge in [-0.15, -0.1) is 0 Å². The Labute approximate surface area is 178 Å². The molecule has 3 aromatic rings. The van der Waals surface area contributed by atoms with Crippen LogP contribution in [-0.2, 0) is 6.54 Å². The topological polar surface area (TPSA) is 88.8 Å². The maximum absolute atomic E-state index is 12.2. The molecule has 0 radical (unpaired) electrons. The number of fused-ring (bicyclic) bond motifs is 1. The zero-order valence-corrected chi connectivity index (χ0v) is 17.7. The molecule has 0 saturated carbocycles. The lowest BCUT2D eigenvalue weighted by Gasteiger charge is -2.28. The second-order valence-electron chi connectivity index (χ2n) is 6.81. The second kappa shape index (κ2) is 8.96. The standard InChI is InChI=1S/C19H22ClN7OS/c1-29-19-24-16(26-8-3-2-4-9-26)14-12-23-27(17(14)25-19)10-7-21-18(28)13-5-6-15(20)22-11-13/h5-6,11-12H,2-4,7-10H2,1H3,(H,21,28). The molecule has 1 aliphatic heterocycles. The van der Waals surface area contributed by atoms with Crippen LogP contribution in [0.15, 0.2) is 29.7 Å². The highest BCUT2D eigenvalue weighted by molar-refractivity contribution is 7.98. The summed E-state index contributed by atoms with van der Waals surface area (Å²) in [6, 6.07) is 3.25. The number of hydrogen-bond acceptors (Lipinski definition) is 7. The molecule has 0 aromatic carbocycles. The Balaban J connectivity index is 1.50. The lowest BCUT2D eigenvalue weighted by molar-refractivity contribution is 0.0951. The van der Waals surface area contributed by atoms with Crippen molar-refractivity contribution in [2.75, 3.05) is 30.8 Å². The summed E-state index contributed by atoms with van der Waals surface area (Å²) in [6.07, 6.45) is 8.89. The fourth-order valence-corrected chi connectivity index (χ4v) is 3.88. The third kappa shape index (κ3) is 4.45. The second-order valence-corrected chi connectivity index (χ2v) is 7.97. The highest BCUT2D eigenvalue weighted by Crippen LogP contribution is 2.28. The predicted octanol–water partition coefficient (Wildman–Crippen LogP) is 3.02. The largest absolute Gasteiger partial charge is 0.356 e. The van der Waals surface area contributed by atoms with Crippen molar-refractivity contribution in [1.29, 1.82) is 0 Å². The number of nitrogens with one attached hydrogen (secondary N) is 1. The van der Waals surface area contributed by atoms with Crippen LogP contribution in [0.1, 0.15) is 29.6 Å². The third-order valence-electron chi connectivity index (χ3n) is 4.89. The number of amides is 1. The Morgan fingerprint density at radius 1 is 1.21 bits per heavy atom. The highest BCUT2D eigenvalue weighted by atomic mass is 35.5. The molecule has 0 spiro atoms. The van der Waals surface area contributed by atoms with Crippen LogP contribution in [0.4, 0.5) is 5.82 Å².